The van der Waals surface area contributed by atoms with Crippen LogP contribution in [0.5, 0.6) is 5.75 Å². The number of aliphatic hydroxyl groups excluding tert-OH is 1. The number of carbonyl (C=O) groups is 3. The fourth-order valence-corrected chi connectivity index (χ4v) is 7.02. The van der Waals surface area contributed by atoms with Crippen molar-refractivity contribution in [2.45, 2.75) is 92.1 Å². The van der Waals surface area contributed by atoms with Gasteiger partial charge in [-0.15, -0.1) is 0 Å². The zero-order chi connectivity index (χ0) is 27.7. The third-order valence-corrected chi connectivity index (χ3v) is 8.51. The summed E-state index contributed by atoms with van der Waals surface area (Å²) in [6, 6.07) is 1.85. The van der Waals surface area contributed by atoms with Crippen LogP contribution < -0.4 is 0 Å². The summed E-state index contributed by atoms with van der Waals surface area (Å²) >= 11 is 0. The van der Waals surface area contributed by atoms with E-state index in [9.17, 15) is 29.7 Å². The molecule has 3 aliphatic carbocycles. The molecule has 0 saturated carbocycles. The summed E-state index contributed by atoms with van der Waals surface area (Å²) in [4.78, 5) is 40.0. The topological polar surface area (TPSA) is 112 Å². The van der Waals surface area contributed by atoms with Crippen LogP contribution in [0, 0.1) is 22.7 Å². The Morgan fingerprint density at radius 3 is 2.38 bits per heavy atom. The molecule has 0 aromatic heterocycles. The van der Waals surface area contributed by atoms with Gasteiger partial charge in [-0.3, -0.25) is 14.4 Å². The number of Topliss-reactive ketones (excluding diaryl/α,β-unsaturated/α-hetero) is 3. The molecule has 4 rings (SSSR count). The lowest BCUT2D eigenvalue weighted by molar-refractivity contribution is -0.157. The van der Waals surface area contributed by atoms with Crippen LogP contribution in [-0.2, 0) is 16.0 Å². The molecule has 3 N–H and O–H groups in total. The van der Waals surface area contributed by atoms with Crippen molar-refractivity contribution in [3.63, 3.8) is 0 Å². The van der Waals surface area contributed by atoms with Crippen LogP contribution in [-0.4, -0.2) is 38.3 Å². The first kappa shape index (κ1) is 26.9. The second kappa shape index (κ2) is 8.70. The number of phenolic OH excluding ortho intramolecular Hbond substituents is 1. The van der Waals surface area contributed by atoms with Gasteiger partial charge in [-0.1, -0.05) is 52.0 Å². The van der Waals surface area contributed by atoms with E-state index in [1.165, 1.54) is 6.92 Å². The summed E-state index contributed by atoms with van der Waals surface area (Å²) < 4.78 is 0. The summed E-state index contributed by atoms with van der Waals surface area (Å²) in [7, 11) is 0. The van der Waals surface area contributed by atoms with Crippen LogP contribution in [0.25, 0.3) is 0 Å². The highest BCUT2D eigenvalue weighted by Crippen LogP contribution is 2.62. The number of fused-ring (bicyclic) bond motifs is 3. The van der Waals surface area contributed by atoms with Gasteiger partial charge in [0.1, 0.15) is 11.5 Å². The summed E-state index contributed by atoms with van der Waals surface area (Å²) in [5.41, 5.74) is -2.02. The highest BCUT2D eigenvalue weighted by atomic mass is 16.3. The monoisotopic (exact) mass is 504 g/mol. The summed E-state index contributed by atoms with van der Waals surface area (Å²) in [5.74, 6) is 3.13. The van der Waals surface area contributed by atoms with Crippen molar-refractivity contribution in [2.75, 3.05) is 0 Å². The van der Waals surface area contributed by atoms with Crippen LogP contribution in [0.4, 0.5) is 0 Å². The molecule has 3 atom stereocenters. The van der Waals surface area contributed by atoms with Crippen LogP contribution in [0.2, 0.25) is 0 Å². The van der Waals surface area contributed by atoms with E-state index < -0.39 is 39.5 Å². The highest BCUT2D eigenvalue weighted by molar-refractivity contribution is 6.25. The first-order valence-electron chi connectivity index (χ1n) is 13.0. The molecule has 0 fully saturated rings. The molecule has 0 spiro atoms. The zero-order valence-electron chi connectivity index (χ0n) is 22.8. The number of benzene rings is 1. The molecule has 1 aromatic carbocycles. The predicted octanol–water partition coefficient (Wildman–Crippen LogP) is 5.24. The number of allylic oxidation sites excluding steroid dienone is 2. The van der Waals surface area contributed by atoms with Gasteiger partial charge in [-0.25, -0.2) is 0 Å². The van der Waals surface area contributed by atoms with Gasteiger partial charge in [0, 0.05) is 22.8 Å². The maximum absolute atomic E-state index is 14.1. The van der Waals surface area contributed by atoms with Crippen molar-refractivity contribution in [3.8, 4) is 17.6 Å². The van der Waals surface area contributed by atoms with E-state index in [4.69, 9.17) is 0 Å². The second-order valence-electron chi connectivity index (χ2n) is 11.9. The minimum absolute atomic E-state index is 0.0484. The Hall–Kier alpha value is -3.17. The second-order valence-corrected chi connectivity index (χ2v) is 11.9. The molecule has 0 heterocycles. The molecular formula is C31H36O6. The number of ketones is 3. The average Bonchev–Trinajstić information content (AvgIpc) is 2.77. The number of hydrogen-bond donors (Lipinski definition) is 3. The Bertz CT molecular complexity index is 1380. The summed E-state index contributed by atoms with van der Waals surface area (Å²) in [6.07, 6.45) is 2.32. The number of hydrogen-bond acceptors (Lipinski definition) is 6. The molecule has 196 valence electrons. The number of phenols is 1. The Morgan fingerprint density at radius 1 is 1.16 bits per heavy atom. The van der Waals surface area contributed by atoms with E-state index in [1.54, 1.807) is 13.8 Å². The van der Waals surface area contributed by atoms with Crippen LogP contribution in [0.3, 0.4) is 0 Å². The Balaban J connectivity index is 2.02. The van der Waals surface area contributed by atoms with Gasteiger partial charge in [0.25, 0.3) is 0 Å². The van der Waals surface area contributed by atoms with E-state index in [0.29, 0.717) is 29.5 Å². The number of unbranched alkanes of at least 4 members (excludes halogenated alkanes) is 1. The zero-order valence-corrected chi connectivity index (χ0v) is 22.8. The van der Waals surface area contributed by atoms with E-state index in [0.717, 1.165) is 12.0 Å². The molecule has 1 aromatic rings. The molecule has 0 radical (unpaired) electrons. The summed E-state index contributed by atoms with van der Waals surface area (Å²) in [5, 5.41) is 34.7. The van der Waals surface area contributed by atoms with E-state index in [2.05, 4.69) is 11.8 Å². The van der Waals surface area contributed by atoms with Gasteiger partial charge in [-0.2, -0.15) is 0 Å². The number of aromatic hydroxyl groups is 1. The SMILES string of the molecule is CCCC#Cc1cc(C(C)C)c2c(c1O)C(=O)C1=C(O)C3(O)C(=O)C(C(C)=O)=C(C)CC3(C)CC1(C)C2. The first-order valence-corrected chi connectivity index (χ1v) is 13.0. The molecular weight excluding hydrogens is 468 g/mol. The van der Waals surface area contributed by atoms with Gasteiger partial charge in [-0.05, 0) is 62.6 Å². The van der Waals surface area contributed by atoms with Gasteiger partial charge < -0.3 is 15.3 Å². The Morgan fingerprint density at radius 2 is 1.81 bits per heavy atom. The molecule has 3 aliphatic rings. The Kier molecular flexibility index (Phi) is 6.32. The lowest BCUT2D eigenvalue weighted by Gasteiger charge is -2.56. The normalized spacial score (nSPS) is 29.0. The first-order chi connectivity index (χ1) is 17.1. The van der Waals surface area contributed by atoms with Gasteiger partial charge in [0.2, 0.25) is 5.78 Å². The third kappa shape index (κ3) is 3.62. The Labute approximate surface area is 218 Å². The van der Waals surface area contributed by atoms with Crippen molar-refractivity contribution >= 4 is 17.3 Å². The number of rotatable bonds is 3. The van der Waals surface area contributed by atoms with E-state index in [1.807, 2.05) is 33.8 Å². The molecule has 0 aliphatic heterocycles. The minimum Gasteiger partial charge on any atom is -0.508 e. The van der Waals surface area contributed by atoms with Crippen LogP contribution in [0.15, 0.2) is 28.5 Å². The lowest BCUT2D eigenvalue weighted by atomic mass is 9.48. The van der Waals surface area contributed by atoms with Gasteiger partial charge in [0.05, 0.1) is 16.7 Å². The van der Waals surface area contributed by atoms with Gasteiger partial charge >= 0.3 is 0 Å². The van der Waals surface area contributed by atoms with Crippen LogP contribution in [0.1, 0.15) is 107 Å². The van der Waals surface area contributed by atoms with Crippen molar-refractivity contribution in [3.05, 3.63) is 50.8 Å². The fraction of sp³-hybridized carbons (Fsp3) is 0.516. The minimum atomic E-state index is -2.41. The molecule has 0 amide bonds. The molecule has 0 saturated heterocycles. The predicted molar refractivity (Wildman–Crippen MR) is 140 cm³/mol. The molecule has 3 unspecified atom stereocenters. The van der Waals surface area contributed by atoms with Gasteiger partial charge in [0.15, 0.2) is 17.2 Å². The van der Waals surface area contributed by atoms with Crippen molar-refractivity contribution in [2.24, 2.45) is 10.8 Å². The number of carbonyl (C=O) groups excluding carboxylic acids is 3. The smallest absolute Gasteiger partial charge is 0.206 e. The van der Waals surface area contributed by atoms with Crippen molar-refractivity contribution < 1.29 is 29.7 Å². The molecule has 0 bridgehead atoms. The summed E-state index contributed by atoms with van der Waals surface area (Å²) in [6.45, 7) is 12.6. The fourth-order valence-electron chi connectivity index (χ4n) is 7.02. The standard InChI is InChI=1S/C31H36O6/c1-8-9-10-11-19-12-20(16(2)3)21-14-29(6)15-30(7)13-17(4)22(18(5)32)27(35)31(30,37)28(36)24(29)26(34)23(21)25(19)33/h12,16,33,36-37H,8-9,13-15H2,1-7H3. The van der Waals surface area contributed by atoms with E-state index in [-0.39, 0.29) is 41.2 Å². The quantitative estimate of drug-likeness (QED) is 0.383. The molecule has 6 nitrogen and oxygen atoms in total. The van der Waals surface area contributed by atoms with Crippen molar-refractivity contribution in [1.82, 2.24) is 0 Å². The van der Waals surface area contributed by atoms with Crippen LogP contribution >= 0.6 is 0 Å². The maximum Gasteiger partial charge on any atom is 0.206 e. The maximum atomic E-state index is 14.1. The van der Waals surface area contributed by atoms with Crippen molar-refractivity contribution in [1.29, 1.82) is 0 Å². The van der Waals surface area contributed by atoms with E-state index >= 15 is 0 Å². The third-order valence-electron chi connectivity index (χ3n) is 8.51. The largest absolute Gasteiger partial charge is 0.508 e. The molecule has 6 heteroatoms. The molecule has 37 heavy (non-hydrogen) atoms. The number of aliphatic hydroxyl groups is 2. The lowest BCUT2D eigenvalue weighted by Crippen LogP contribution is -2.63. The highest BCUT2D eigenvalue weighted by Gasteiger charge is 2.67. The average molecular weight is 505 g/mol.